The molecule has 0 atom stereocenters. The minimum absolute atomic E-state index is 0.582. The Morgan fingerprint density at radius 1 is 1.11 bits per heavy atom. The number of carbonyl (C=O) groups is 1. The number of benzene rings is 1. The van der Waals surface area contributed by atoms with Crippen LogP contribution in [0, 0.1) is 0 Å². The second-order valence-electron chi connectivity index (χ2n) is 3.03. The molecule has 1 aromatic carbocycles. The maximum absolute atomic E-state index is 12.6. The first-order chi connectivity index (χ1) is 8.13. The van der Waals surface area contributed by atoms with Crippen molar-refractivity contribution in [2.45, 2.75) is 12.3 Å². The highest BCUT2D eigenvalue weighted by atomic mass is 19.4. The molecule has 0 aliphatic heterocycles. The van der Waals surface area contributed by atoms with Gasteiger partial charge in [0.1, 0.15) is 5.75 Å². The molecule has 1 amide bonds. The van der Waals surface area contributed by atoms with Crippen molar-refractivity contribution in [2.75, 3.05) is 5.32 Å². The lowest BCUT2D eigenvalue weighted by Crippen LogP contribution is -2.42. The summed E-state index contributed by atoms with van der Waals surface area (Å²) in [5.74, 6) is -0.968. The summed E-state index contributed by atoms with van der Waals surface area (Å²) in [6, 6.07) is 4.01. The average molecular weight is 270 g/mol. The second-order valence-corrected chi connectivity index (χ2v) is 3.03. The molecule has 0 aliphatic carbocycles. The average Bonchev–Trinajstić information content (AvgIpc) is 2.18. The van der Waals surface area contributed by atoms with E-state index in [0.29, 0.717) is 0 Å². The van der Waals surface area contributed by atoms with Crippen molar-refractivity contribution in [1.82, 2.24) is 0 Å². The third-order valence-electron chi connectivity index (χ3n) is 1.69. The summed E-state index contributed by atoms with van der Waals surface area (Å²) in [6.07, 6.45) is -13.2. The number of carbonyl (C=O) groups excluding carboxylic acids is 1. The normalized spacial score (nSPS) is 12.1. The predicted molar refractivity (Wildman–Crippen MR) is 47.8 cm³/mol. The zero-order valence-corrected chi connectivity index (χ0v) is 8.42. The number of amides is 1. The van der Waals surface area contributed by atoms with Gasteiger partial charge in [0.2, 0.25) is 0 Å². The maximum Gasteiger partial charge on any atom is 0.499 e. The molecule has 1 N–H and O–H groups in total. The highest BCUT2D eigenvalue weighted by molar-refractivity contribution is 5.84. The van der Waals surface area contributed by atoms with Gasteiger partial charge < -0.3 is 4.74 Å². The van der Waals surface area contributed by atoms with Gasteiger partial charge in [-0.1, -0.05) is 12.1 Å². The number of rotatable bonds is 3. The number of halogens is 5. The molecule has 0 unspecified atom stereocenters. The Balaban J connectivity index is 3.01. The van der Waals surface area contributed by atoms with Crippen LogP contribution in [0.25, 0.3) is 0 Å². The minimum Gasteiger partial charge on any atom is -0.424 e. The van der Waals surface area contributed by atoms with Crippen LogP contribution < -0.4 is 10.1 Å². The summed E-state index contributed by atoms with van der Waals surface area (Å²) in [5.41, 5.74) is -0.582. The highest BCUT2D eigenvalue weighted by Gasteiger charge is 2.61. The third-order valence-corrected chi connectivity index (χ3v) is 1.69. The Bertz CT molecular complexity index is 446. The molecule has 0 fully saturated rings. The van der Waals surface area contributed by atoms with Gasteiger partial charge >= 0.3 is 18.4 Å². The van der Waals surface area contributed by atoms with Crippen molar-refractivity contribution in [2.24, 2.45) is 0 Å². The standard InChI is InChI=1S/C9H5F5NO3/c10-8(11,12)9(13,14)18-6-4-2-1-3-5(6)15-7(16)17/h1-4,15H. The number of para-hydroxylation sites is 2. The van der Waals surface area contributed by atoms with Crippen molar-refractivity contribution in [3.63, 3.8) is 0 Å². The van der Waals surface area contributed by atoms with Gasteiger partial charge in [-0.3, -0.25) is 5.32 Å². The van der Waals surface area contributed by atoms with E-state index < -0.39 is 29.8 Å². The first-order valence-electron chi connectivity index (χ1n) is 4.34. The molecular weight excluding hydrogens is 265 g/mol. The molecule has 99 valence electrons. The lowest BCUT2D eigenvalue weighted by molar-refractivity contribution is -0.360. The largest absolute Gasteiger partial charge is 0.499 e. The van der Waals surface area contributed by atoms with Gasteiger partial charge in [0.25, 0.3) is 0 Å². The van der Waals surface area contributed by atoms with E-state index in [9.17, 15) is 31.9 Å². The molecule has 1 rings (SSSR count). The molecule has 9 heteroatoms. The van der Waals surface area contributed by atoms with Gasteiger partial charge in [-0.25, -0.2) is 9.90 Å². The lowest BCUT2D eigenvalue weighted by Gasteiger charge is -2.21. The molecule has 0 saturated heterocycles. The van der Waals surface area contributed by atoms with E-state index in [1.807, 2.05) is 0 Å². The number of alkyl halides is 5. The van der Waals surface area contributed by atoms with E-state index in [4.69, 9.17) is 0 Å². The monoisotopic (exact) mass is 270 g/mol. The Morgan fingerprint density at radius 2 is 1.67 bits per heavy atom. The van der Waals surface area contributed by atoms with Crippen LogP contribution in [0.2, 0.25) is 0 Å². The van der Waals surface area contributed by atoms with Gasteiger partial charge in [0.05, 0.1) is 5.69 Å². The molecule has 1 aromatic rings. The number of ether oxygens (including phenoxy) is 1. The van der Waals surface area contributed by atoms with Gasteiger partial charge in [0.15, 0.2) is 0 Å². The summed E-state index contributed by atoms with van der Waals surface area (Å²) in [4.78, 5) is 10.2. The van der Waals surface area contributed by atoms with Crippen LogP contribution in [-0.2, 0) is 5.11 Å². The minimum atomic E-state index is -5.92. The van der Waals surface area contributed by atoms with Crippen LogP contribution in [0.1, 0.15) is 0 Å². The summed E-state index contributed by atoms with van der Waals surface area (Å²) < 4.78 is 64.3. The zero-order chi connectivity index (χ0) is 14.0. The van der Waals surface area contributed by atoms with E-state index in [0.717, 1.165) is 18.2 Å². The Hall–Kier alpha value is -2.06. The molecular formula is C9H5F5NO3. The van der Waals surface area contributed by atoms with Crippen LogP contribution in [0.3, 0.4) is 0 Å². The molecule has 0 aromatic heterocycles. The van der Waals surface area contributed by atoms with Crippen molar-refractivity contribution in [3.8, 4) is 5.75 Å². The number of nitrogens with one attached hydrogen (secondary N) is 1. The molecule has 4 nitrogen and oxygen atoms in total. The molecule has 0 heterocycles. The summed E-state index contributed by atoms with van der Waals surface area (Å²) >= 11 is 0. The van der Waals surface area contributed by atoms with Crippen molar-refractivity contribution in [3.05, 3.63) is 24.3 Å². The zero-order valence-electron chi connectivity index (χ0n) is 8.42. The molecule has 0 aliphatic rings. The summed E-state index contributed by atoms with van der Waals surface area (Å²) in [7, 11) is 0. The summed E-state index contributed by atoms with van der Waals surface area (Å²) in [5, 5.41) is 11.7. The van der Waals surface area contributed by atoms with E-state index >= 15 is 0 Å². The van der Waals surface area contributed by atoms with Crippen LogP contribution in [0.5, 0.6) is 5.75 Å². The third kappa shape index (κ3) is 3.22. The highest BCUT2D eigenvalue weighted by Crippen LogP contribution is 2.39. The van der Waals surface area contributed by atoms with E-state index in [1.165, 1.54) is 11.4 Å². The second kappa shape index (κ2) is 4.67. The number of anilines is 1. The lowest BCUT2D eigenvalue weighted by atomic mass is 10.3. The van der Waals surface area contributed by atoms with Gasteiger partial charge in [-0.15, -0.1) is 0 Å². The smallest absolute Gasteiger partial charge is 0.424 e. The predicted octanol–water partition coefficient (Wildman–Crippen LogP) is 3.18. The van der Waals surface area contributed by atoms with E-state index in [2.05, 4.69) is 4.74 Å². The number of hydrogen-bond acceptors (Lipinski definition) is 2. The molecule has 0 bridgehead atoms. The van der Waals surface area contributed by atoms with Crippen LogP contribution >= 0.6 is 0 Å². The van der Waals surface area contributed by atoms with Crippen LogP contribution in [0.4, 0.5) is 32.4 Å². The maximum atomic E-state index is 12.6. The van der Waals surface area contributed by atoms with Gasteiger partial charge in [-0.05, 0) is 12.1 Å². The van der Waals surface area contributed by atoms with Gasteiger partial charge in [0, 0.05) is 0 Å². The van der Waals surface area contributed by atoms with Crippen LogP contribution in [-0.4, -0.2) is 18.4 Å². The van der Waals surface area contributed by atoms with Crippen molar-refractivity contribution in [1.29, 1.82) is 0 Å². The van der Waals surface area contributed by atoms with Gasteiger partial charge in [-0.2, -0.15) is 22.0 Å². The Kier molecular flexibility index (Phi) is 3.63. The Morgan fingerprint density at radius 3 is 2.17 bits per heavy atom. The SMILES string of the molecule is [O]C(=O)Nc1ccccc1OC(F)(F)C(F)(F)F. The first kappa shape index (κ1) is 14.0. The fraction of sp³-hybridized carbons (Fsp3) is 0.222. The van der Waals surface area contributed by atoms with Crippen molar-refractivity contribution >= 4 is 11.8 Å². The molecule has 0 saturated carbocycles. The van der Waals surface area contributed by atoms with Crippen LogP contribution in [0.15, 0.2) is 24.3 Å². The molecule has 0 spiro atoms. The van der Waals surface area contributed by atoms with E-state index in [-0.39, 0.29) is 0 Å². The number of hydrogen-bond donors (Lipinski definition) is 1. The fourth-order valence-corrected chi connectivity index (χ4v) is 0.965. The van der Waals surface area contributed by atoms with E-state index in [1.54, 1.807) is 0 Å². The van der Waals surface area contributed by atoms with Crippen molar-refractivity contribution < 1.29 is 36.6 Å². The Labute approximate surface area is 97.0 Å². The quantitative estimate of drug-likeness (QED) is 0.857. The summed E-state index contributed by atoms with van der Waals surface area (Å²) in [6.45, 7) is 0. The first-order valence-corrected chi connectivity index (χ1v) is 4.34. The topological polar surface area (TPSA) is 58.2 Å². The molecule has 18 heavy (non-hydrogen) atoms. The molecule has 1 radical (unpaired) electrons. The fourth-order valence-electron chi connectivity index (χ4n) is 0.965.